The minimum atomic E-state index is -0.360. The van der Waals surface area contributed by atoms with Gasteiger partial charge in [0.1, 0.15) is 6.54 Å². The molecule has 0 bridgehead atoms. The molecule has 0 radical (unpaired) electrons. The van der Waals surface area contributed by atoms with Gasteiger partial charge in [0.25, 0.3) is 5.91 Å². The van der Waals surface area contributed by atoms with E-state index in [4.69, 9.17) is 5.73 Å². The zero-order valence-electron chi connectivity index (χ0n) is 9.39. The third-order valence-electron chi connectivity index (χ3n) is 2.06. The van der Waals surface area contributed by atoms with E-state index < -0.39 is 0 Å². The number of hydrogen-bond donors (Lipinski definition) is 2. The van der Waals surface area contributed by atoms with Crippen LogP contribution in [0.3, 0.4) is 0 Å². The average molecular weight is 245 g/mol. The normalized spacial score (nSPS) is 10.7. The lowest BCUT2D eigenvalue weighted by Gasteiger charge is -1.99. The summed E-state index contributed by atoms with van der Waals surface area (Å²) in [6.45, 7) is -0.0784. The van der Waals surface area contributed by atoms with E-state index in [1.54, 1.807) is 6.21 Å². The molecule has 3 N–H and O–H groups in total. The van der Waals surface area contributed by atoms with Gasteiger partial charge >= 0.3 is 0 Å². The maximum Gasteiger partial charge on any atom is 0.261 e. The molecular formula is C10H11N7O. The first-order valence-corrected chi connectivity index (χ1v) is 5.14. The molecule has 18 heavy (non-hydrogen) atoms. The van der Waals surface area contributed by atoms with Crippen LogP contribution >= 0.6 is 0 Å². The molecule has 0 unspecified atom stereocenters. The van der Waals surface area contributed by atoms with Gasteiger partial charge in [-0.2, -0.15) is 5.10 Å². The van der Waals surface area contributed by atoms with E-state index in [9.17, 15) is 4.79 Å². The van der Waals surface area contributed by atoms with E-state index in [-0.39, 0.29) is 18.4 Å². The van der Waals surface area contributed by atoms with E-state index in [1.165, 1.54) is 4.68 Å². The Morgan fingerprint density at radius 2 is 2.22 bits per heavy atom. The van der Waals surface area contributed by atoms with Crippen LogP contribution in [0.2, 0.25) is 0 Å². The molecule has 8 nitrogen and oxygen atoms in total. The first kappa shape index (κ1) is 11.7. The van der Waals surface area contributed by atoms with Crippen LogP contribution in [0.4, 0.5) is 5.95 Å². The smallest absolute Gasteiger partial charge is 0.261 e. The predicted molar refractivity (Wildman–Crippen MR) is 64.4 cm³/mol. The van der Waals surface area contributed by atoms with Gasteiger partial charge in [-0.1, -0.05) is 35.4 Å². The lowest BCUT2D eigenvalue weighted by molar-refractivity contribution is -0.121. The van der Waals surface area contributed by atoms with Gasteiger partial charge in [-0.05, 0) is 16.0 Å². The van der Waals surface area contributed by atoms with Gasteiger partial charge in [0, 0.05) is 0 Å². The van der Waals surface area contributed by atoms with Crippen molar-refractivity contribution < 1.29 is 4.79 Å². The summed E-state index contributed by atoms with van der Waals surface area (Å²) in [5.41, 5.74) is 8.66. The Morgan fingerprint density at radius 1 is 1.44 bits per heavy atom. The summed E-state index contributed by atoms with van der Waals surface area (Å²) in [4.78, 5) is 11.5. The van der Waals surface area contributed by atoms with Crippen LogP contribution < -0.4 is 11.2 Å². The Hall–Kier alpha value is -2.77. The van der Waals surface area contributed by atoms with Crippen molar-refractivity contribution in [1.29, 1.82) is 0 Å². The number of nitrogens with zero attached hydrogens (tertiary/aromatic N) is 5. The van der Waals surface area contributed by atoms with Crippen LogP contribution in [0.25, 0.3) is 0 Å². The van der Waals surface area contributed by atoms with Crippen LogP contribution in [0.5, 0.6) is 0 Å². The van der Waals surface area contributed by atoms with Gasteiger partial charge in [0.2, 0.25) is 5.95 Å². The highest BCUT2D eigenvalue weighted by Crippen LogP contribution is 1.93. The lowest BCUT2D eigenvalue weighted by Crippen LogP contribution is -2.24. The van der Waals surface area contributed by atoms with Crippen LogP contribution in [0, 0.1) is 0 Å². The van der Waals surface area contributed by atoms with Crippen LogP contribution in [0.15, 0.2) is 35.4 Å². The molecule has 1 aromatic heterocycles. The Kier molecular flexibility index (Phi) is 3.59. The Balaban J connectivity index is 1.86. The number of hydrazone groups is 1. The maximum atomic E-state index is 11.5. The van der Waals surface area contributed by atoms with Crippen LogP contribution in [0.1, 0.15) is 5.56 Å². The van der Waals surface area contributed by atoms with Crippen LogP contribution in [-0.2, 0) is 11.3 Å². The van der Waals surface area contributed by atoms with E-state index in [1.807, 2.05) is 30.3 Å². The molecule has 0 atom stereocenters. The number of benzene rings is 1. The molecular weight excluding hydrogens is 234 g/mol. The Labute approximate surface area is 102 Å². The van der Waals surface area contributed by atoms with Gasteiger partial charge in [0.15, 0.2) is 0 Å². The summed E-state index contributed by atoms with van der Waals surface area (Å²) in [6.07, 6.45) is 1.54. The summed E-state index contributed by atoms with van der Waals surface area (Å²) in [5.74, 6) is -0.279. The highest BCUT2D eigenvalue weighted by Gasteiger charge is 2.06. The highest BCUT2D eigenvalue weighted by atomic mass is 16.2. The van der Waals surface area contributed by atoms with Crippen LogP contribution in [-0.4, -0.2) is 32.3 Å². The van der Waals surface area contributed by atoms with E-state index in [0.29, 0.717) is 0 Å². The molecule has 0 saturated heterocycles. The number of amides is 1. The third-order valence-corrected chi connectivity index (χ3v) is 2.06. The first-order valence-electron chi connectivity index (χ1n) is 5.14. The number of nitrogen functional groups attached to an aromatic ring is 1. The molecule has 2 rings (SSSR count). The fourth-order valence-electron chi connectivity index (χ4n) is 1.21. The van der Waals surface area contributed by atoms with Gasteiger partial charge < -0.3 is 5.73 Å². The zero-order valence-corrected chi connectivity index (χ0v) is 9.39. The van der Waals surface area contributed by atoms with Gasteiger partial charge in [-0.25, -0.2) is 10.1 Å². The first-order chi connectivity index (χ1) is 8.75. The summed E-state index contributed by atoms with van der Waals surface area (Å²) in [5, 5.41) is 14.1. The summed E-state index contributed by atoms with van der Waals surface area (Å²) in [7, 11) is 0. The molecule has 0 fully saturated rings. The van der Waals surface area contributed by atoms with Crippen molar-refractivity contribution in [2.45, 2.75) is 6.54 Å². The number of hydrogen-bond acceptors (Lipinski definition) is 6. The molecule has 0 aliphatic rings. The van der Waals surface area contributed by atoms with Crippen molar-refractivity contribution in [2.75, 3.05) is 5.73 Å². The molecule has 0 aliphatic carbocycles. The SMILES string of the molecule is Nc1nnnn1CC(=O)NN=Cc1ccccc1. The lowest BCUT2D eigenvalue weighted by atomic mass is 10.2. The second kappa shape index (κ2) is 5.53. The van der Waals surface area contributed by atoms with Crippen molar-refractivity contribution in [3.63, 3.8) is 0 Å². The molecule has 1 aromatic carbocycles. The highest BCUT2D eigenvalue weighted by molar-refractivity contribution is 5.82. The van der Waals surface area contributed by atoms with Gasteiger partial charge in [0.05, 0.1) is 6.21 Å². The number of aromatic nitrogens is 4. The Bertz CT molecular complexity index is 548. The molecule has 8 heteroatoms. The predicted octanol–water partition coefficient (Wildman–Crippen LogP) is -0.594. The fraction of sp³-hybridized carbons (Fsp3) is 0.100. The third kappa shape index (κ3) is 3.11. The van der Waals surface area contributed by atoms with E-state index >= 15 is 0 Å². The van der Waals surface area contributed by atoms with E-state index in [2.05, 4.69) is 26.1 Å². The second-order valence-corrected chi connectivity index (χ2v) is 3.40. The van der Waals surface area contributed by atoms with Crippen molar-refractivity contribution in [3.05, 3.63) is 35.9 Å². The number of carbonyl (C=O) groups is 1. The monoisotopic (exact) mass is 245 g/mol. The van der Waals surface area contributed by atoms with Crippen molar-refractivity contribution >= 4 is 18.1 Å². The Morgan fingerprint density at radius 3 is 2.89 bits per heavy atom. The number of anilines is 1. The average Bonchev–Trinajstić information content (AvgIpc) is 2.76. The largest absolute Gasteiger partial charge is 0.367 e. The van der Waals surface area contributed by atoms with E-state index in [0.717, 1.165) is 5.56 Å². The molecule has 1 heterocycles. The summed E-state index contributed by atoms with van der Waals surface area (Å²) in [6, 6.07) is 9.40. The fourth-order valence-corrected chi connectivity index (χ4v) is 1.21. The molecule has 0 spiro atoms. The molecule has 92 valence electrons. The minimum absolute atomic E-state index is 0.0784. The summed E-state index contributed by atoms with van der Waals surface area (Å²) >= 11 is 0. The van der Waals surface area contributed by atoms with Crippen molar-refractivity contribution in [3.8, 4) is 0 Å². The van der Waals surface area contributed by atoms with Gasteiger partial charge in [-0.3, -0.25) is 4.79 Å². The quantitative estimate of drug-likeness (QED) is 0.552. The minimum Gasteiger partial charge on any atom is -0.367 e. The molecule has 0 aliphatic heterocycles. The number of nitrogens with one attached hydrogen (secondary N) is 1. The second-order valence-electron chi connectivity index (χ2n) is 3.40. The number of rotatable bonds is 4. The molecule has 2 aromatic rings. The molecule has 1 amide bonds. The van der Waals surface area contributed by atoms with Crippen molar-refractivity contribution in [2.24, 2.45) is 5.10 Å². The number of carbonyl (C=O) groups excluding carboxylic acids is 1. The van der Waals surface area contributed by atoms with Crippen molar-refractivity contribution in [1.82, 2.24) is 25.6 Å². The summed E-state index contributed by atoms with van der Waals surface area (Å²) < 4.78 is 1.17. The number of tetrazole rings is 1. The maximum absolute atomic E-state index is 11.5. The zero-order chi connectivity index (χ0) is 12.8. The topological polar surface area (TPSA) is 111 Å². The standard InChI is InChI=1S/C10H11N7O/c11-10-14-15-16-17(10)7-9(18)13-12-6-8-4-2-1-3-5-8/h1-6H,7H2,(H,13,18)(H2,11,14,16). The van der Waals surface area contributed by atoms with Gasteiger partial charge in [-0.15, -0.1) is 0 Å². The molecule has 0 saturated carbocycles. The number of nitrogens with two attached hydrogens (primary N) is 1.